The number of likely N-dealkylation sites (tertiary alicyclic amines) is 1. The van der Waals surface area contributed by atoms with Crippen molar-refractivity contribution in [1.29, 1.82) is 0 Å². The van der Waals surface area contributed by atoms with E-state index in [0.29, 0.717) is 11.8 Å². The number of nitrogens with zero attached hydrogens (tertiary/aromatic N) is 2. The highest BCUT2D eigenvalue weighted by atomic mass is 15.2. The van der Waals surface area contributed by atoms with Gasteiger partial charge in [0.15, 0.2) is 0 Å². The van der Waals surface area contributed by atoms with Gasteiger partial charge in [0.25, 0.3) is 0 Å². The first-order valence-corrected chi connectivity index (χ1v) is 18.7. The number of unbranched alkanes of at least 4 members (excludes halogenated alkanes) is 3. The maximum Gasteiger partial charge on any atom is 0.0245 e. The van der Waals surface area contributed by atoms with Crippen LogP contribution < -0.4 is 0 Å². The molecule has 0 bridgehead atoms. The highest BCUT2D eigenvalue weighted by Gasteiger charge is 2.29. The lowest BCUT2D eigenvalue weighted by Crippen LogP contribution is -2.25. The van der Waals surface area contributed by atoms with Gasteiger partial charge in [-0.15, -0.1) is 13.2 Å². The lowest BCUT2D eigenvalue weighted by atomic mass is 9.91. The second kappa shape index (κ2) is 36.8. The van der Waals surface area contributed by atoms with Gasteiger partial charge in [-0.05, 0) is 57.4 Å². The van der Waals surface area contributed by atoms with Crippen molar-refractivity contribution >= 4 is 0 Å². The zero-order valence-electron chi connectivity index (χ0n) is 32.4. The van der Waals surface area contributed by atoms with Crippen molar-refractivity contribution in [3.8, 4) is 0 Å². The predicted molar refractivity (Wildman–Crippen MR) is 204 cm³/mol. The molecule has 0 radical (unpaired) electrons. The minimum absolute atomic E-state index is 0.635. The molecule has 1 heterocycles. The number of allylic oxidation sites excluding steroid dienone is 3. The van der Waals surface area contributed by atoms with E-state index in [1.54, 1.807) is 0 Å². The van der Waals surface area contributed by atoms with Crippen molar-refractivity contribution in [2.24, 2.45) is 17.8 Å². The Labute approximate surface area is 275 Å². The van der Waals surface area contributed by atoms with Crippen LogP contribution in [0.5, 0.6) is 0 Å². The lowest BCUT2D eigenvalue weighted by Gasteiger charge is -2.28. The van der Waals surface area contributed by atoms with Crippen LogP contribution in [-0.2, 0) is 0 Å². The predicted octanol–water partition coefficient (Wildman–Crippen LogP) is 13.9. The summed E-state index contributed by atoms with van der Waals surface area (Å²) in [5.41, 5.74) is 4.30. The van der Waals surface area contributed by atoms with Crippen LogP contribution in [0.1, 0.15) is 173 Å². The number of rotatable bonds is 12. The molecule has 1 aliphatic heterocycles. The van der Waals surface area contributed by atoms with E-state index in [1.165, 1.54) is 107 Å². The number of hydrogen-bond acceptors (Lipinski definition) is 2. The fraction of sp³-hybridized carbons (Fsp3) is 0.805. The fourth-order valence-electron chi connectivity index (χ4n) is 5.17. The molecule has 2 fully saturated rings. The van der Waals surface area contributed by atoms with Gasteiger partial charge >= 0.3 is 0 Å². The quantitative estimate of drug-likeness (QED) is 0.161. The Morgan fingerprint density at radius 3 is 1.72 bits per heavy atom. The minimum atomic E-state index is 0.635. The van der Waals surface area contributed by atoms with E-state index in [4.69, 9.17) is 0 Å². The second-order valence-corrected chi connectivity index (χ2v) is 12.0. The van der Waals surface area contributed by atoms with Crippen molar-refractivity contribution in [3.05, 3.63) is 48.9 Å². The molecule has 0 N–H and O–H groups in total. The molecule has 43 heavy (non-hydrogen) atoms. The third-order valence-electron chi connectivity index (χ3n) is 8.48. The first kappa shape index (κ1) is 48.5. The van der Waals surface area contributed by atoms with E-state index in [9.17, 15) is 0 Å². The van der Waals surface area contributed by atoms with Crippen LogP contribution in [-0.4, -0.2) is 36.5 Å². The van der Waals surface area contributed by atoms with Gasteiger partial charge in [-0.1, -0.05) is 151 Å². The highest BCUT2D eigenvalue weighted by Crippen LogP contribution is 2.33. The molecule has 0 aromatic rings. The molecule has 2 heteroatoms. The van der Waals surface area contributed by atoms with E-state index < -0.39 is 0 Å². The summed E-state index contributed by atoms with van der Waals surface area (Å²) >= 11 is 0. The van der Waals surface area contributed by atoms with Crippen LogP contribution in [0.15, 0.2) is 48.9 Å². The molecule has 1 saturated carbocycles. The summed E-state index contributed by atoms with van der Waals surface area (Å²) in [6.07, 6.45) is 23.7. The molecule has 0 amide bonds. The highest BCUT2D eigenvalue weighted by molar-refractivity contribution is 5.32. The van der Waals surface area contributed by atoms with Gasteiger partial charge in [0.1, 0.15) is 0 Å². The maximum absolute atomic E-state index is 4.44. The molecule has 2 nitrogen and oxygen atoms in total. The maximum atomic E-state index is 4.44. The first-order chi connectivity index (χ1) is 20.7. The Morgan fingerprint density at radius 1 is 0.860 bits per heavy atom. The molecule has 2 rings (SSSR count). The molecule has 0 aromatic carbocycles. The van der Waals surface area contributed by atoms with Crippen LogP contribution in [0.3, 0.4) is 0 Å². The van der Waals surface area contributed by atoms with Gasteiger partial charge < -0.3 is 9.80 Å². The summed E-state index contributed by atoms with van der Waals surface area (Å²) in [4.78, 5) is 4.85. The van der Waals surface area contributed by atoms with Gasteiger partial charge in [-0.25, -0.2) is 0 Å². The molecule has 0 spiro atoms. The average Bonchev–Trinajstić information content (AvgIpc) is 3.55. The zero-order valence-corrected chi connectivity index (χ0v) is 32.4. The lowest BCUT2D eigenvalue weighted by molar-refractivity contribution is 0.338. The summed E-state index contributed by atoms with van der Waals surface area (Å²) in [6, 6.07) is 0. The van der Waals surface area contributed by atoms with Crippen LogP contribution in [0.25, 0.3) is 0 Å². The van der Waals surface area contributed by atoms with Crippen LogP contribution in [0, 0.1) is 17.8 Å². The second-order valence-electron chi connectivity index (χ2n) is 12.0. The van der Waals surface area contributed by atoms with E-state index in [2.05, 4.69) is 118 Å². The Hall–Kier alpha value is -1.44. The molecule has 1 saturated heterocycles. The normalized spacial score (nSPS) is 17.1. The van der Waals surface area contributed by atoms with E-state index in [0.717, 1.165) is 25.6 Å². The first-order valence-electron chi connectivity index (χ1n) is 18.7. The Morgan fingerprint density at radius 2 is 1.40 bits per heavy atom. The summed E-state index contributed by atoms with van der Waals surface area (Å²) in [5.74, 6) is 2.33. The van der Waals surface area contributed by atoms with Crippen LogP contribution >= 0.6 is 0 Å². The smallest absolute Gasteiger partial charge is 0.0245 e. The third-order valence-corrected chi connectivity index (χ3v) is 8.48. The fourth-order valence-corrected chi connectivity index (χ4v) is 5.17. The number of hydrogen-bond donors (Lipinski definition) is 0. The Balaban J connectivity index is -0.000000307. The molecule has 1 aliphatic carbocycles. The van der Waals surface area contributed by atoms with Crippen molar-refractivity contribution in [3.63, 3.8) is 0 Å². The summed E-state index contributed by atoms with van der Waals surface area (Å²) in [5, 5.41) is 0. The van der Waals surface area contributed by atoms with Crippen molar-refractivity contribution in [2.45, 2.75) is 173 Å². The van der Waals surface area contributed by atoms with E-state index >= 15 is 0 Å². The largest absolute Gasteiger partial charge is 0.380 e. The summed E-state index contributed by atoms with van der Waals surface area (Å²) in [6.45, 7) is 40.1. The van der Waals surface area contributed by atoms with Crippen molar-refractivity contribution in [2.75, 3.05) is 26.7 Å². The molecule has 2 aliphatic rings. The van der Waals surface area contributed by atoms with E-state index in [-0.39, 0.29) is 0 Å². The topological polar surface area (TPSA) is 6.48 Å². The molecule has 258 valence electrons. The Kier molecular flexibility index (Phi) is 41.4. The summed E-state index contributed by atoms with van der Waals surface area (Å²) in [7, 11) is 2.17. The third kappa shape index (κ3) is 26.7. The minimum Gasteiger partial charge on any atom is -0.380 e. The standard InChI is InChI=1S/C21H38N2.C7H14.C5H12.C4H10.C2H6.C2H4/c1-8-12-19(10-3)18(6)23-14-13-20(15-23)21(17(5)9-2)16-22(7)11-4;1-7-5-3-2-4-6-7;1-3-5-4-2;1-3-4-2;2*1-2/h9,16,19-20H,6,8,10-15H2,1-5,7H3;7H,2-6H2,1H3;3-5H2,1-2H3;3-4H2,1-2H3;1-2H3;1-2H2/b17-9+,21-16+;;;;;. The SMILES string of the molecule is C=C.C=C(C(CC)CCC)N1CCC(C(=C/N(C)CC)/C(C)=C/C)C1.CC.CC1CCCCC1.CCCC.CCCCC. The van der Waals surface area contributed by atoms with Crippen LogP contribution in [0.4, 0.5) is 0 Å². The van der Waals surface area contributed by atoms with Gasteiger partial charge in [-0.3, -0.25) is 0 Å². The molecule has 2 unspecified atom stereocenters. The summed E-state index contributed by atoms with van der Waals surface area (Å²) < 4.78 is 0. The van der Waals surface area contributed by atoms with Crippen molar-refractivity contribution in [1.82, 2.24) is 9.80 Å². The molecule has 2 atom stereocenters. The monoisotopic (exact) mass is 605 g/mol. The molecule has 0 aromatic heterocycles. The zero-order chi connectivity index (χ0) is 34.1. The average molecular weight is 605 g/mol. The molecular formula is C41H84N2. The van der Waals surface area contributed by atoms with E-state index in [1.807, 2.05) is 13.8 Å². The van der Waals surface area contributed by atoms with Gasteiger partial charge in [0.2, 0.25) is 0 Å². The van der Waals surface area contributed by atoms with Gasteiger partial charge in [-0.2, -0.15) is 0 Å². The molecular weight excluding hydrogens is 520 g/mol. The Bertz CT molecular complexity index is 622. The van der Waals surface area contributed by atoms with Gasteiger partial charge in [0.05, 0.1) is 0 Å². The van der Waals surface area contributed by atoms with Crippen LogP contribution in [0.2, 0.25) is 0 Å². The van der Waals surface area contributed by atoms with Gasteiger partial charge in [0, 0.05) is 44.5 Å². The van der Waals surface area contributed by atoms with Crippen molar-refractivity contribution < 1.29 is 0 Å².